The quantitative estimate of drug-likeness (QED) is 0.630. The number of aryl methyl sites for hydroxylation is 1. The van der Waals surface area contributed by atoms with Crippen molar-refractivity contribution in [2.75, 3.05) is 45.2 Å². The zero-order valence-corrected chi connectivity index (χ0v) is 17.2. The molecule has 1 aliphatic rings. The maximum absolute atomic E-state index is 15.7. The molecule has 4 rings (SSSR count). The summed E-state index contributed by atoms with van der Waals surface area (Å²) in [7, 11) is 3.12. The Bertz CT molecular complexity index is 1120. The standard InChI is InChI=1S/C21H24FN7O/c1-13-4-5-18-15(12-25-28-18)14(13)10-17(22)19-16(11-23-2)20(27-21(26-19)30-3)29-8-6-24-7-9-29/h4-5,10-12,24H,6-9H2,1-3H3,(H,25,28)/b17-10-,23-11-. The Hall–Kier alpha value is -3.33. The number of methoxy groups -OCH3 is 1. The van der Waals surface area contributed by atoms with Gasteiger partial charge >= 0.3 is 6.01 Å². The Balaban J connectivity index is 1.89. The molecule has 156 valence electrons. The van der Waals surface area contributed by atoms with Crippen molar-refractivity contribution in [3.05, 3.63) is 40.7 Å². The molecule has 9 heteroatoms. The second-order valence-corrected chi connectivity index (χ2v) is 7.04. The minimum Gasteiger partial charge on any atom is -0.467 e. The van der Waals surface area contributed by atoms with Crippen LogP contribution in [0.3, 0.4) is 0 Å². The summed E-state index contributed by atoms with van der Waals surface area (Å²) in [5.74, 6) is 0.129. The molecule has 0 aliphatic carbocycles. The third kappa shape index (κ3) is 3.76. The molecule has 0 radical (unpaired) electrons. The highest BCUT2D eigenvalue weighted by Gasteiger charge is 2.23. The molecule has 0 saturated carbocycles. The zero-order valence-electron chi connectivity index (χ0n) is 17.2. The van der Waals surface area contributed by atoms with Crippen LogP contribution in [-0.2, 0) is 0 Å². The molecule has 0 spiro atoms. The minimum absolute atomic E-state index is 0.119. The Morgan fingerprint density at radius 2 is 2.03 bits per heavy atom. The molecule has 0 unspecified atom stereocenters. The van der Waals surface area contributed by atoms with E-state index in [4.69, 9.17) is 4.74 Å². The number of rotatable bonds is 5. The van der Waals surface area contributed by atoms with E-state index in [0.717, 1.165) is 48.2 Å². The first-order chi connectivity index (χ1) is 14.6. The third-order valence-electron chi connectivity index (χ3n) is 5.14. The fraction of sp³-hybridized carbons (Fsp3) is 0.333. The van der Waals surface area contributed by atoms with Crippen LogP contribution in [-0.4, -0.2) is 66.7 Å². The molecule has 0 atom stereocenters. The van der Waals surface area contributed by atoms with Gasteiger partial charge in [0.1, 0.15) is 17.3 Å². The molecule has 1 aliphatic heterocycles. The predicted molar refractivity (Wildman–Crippen MR) is 117 cm³/mol. The number of anilines is 1. The molecule has 8 nitrogen and oxygen atoms in total. The number of aromatic amines is 1. The van der Waals surface area contributed by atoms with Gasteiger partial charge in [-0.05, 0) is 30.2 Å². The van der Waals surface area contributed by atoms with Gasteiger partial charge in [0, 0.05) is 44.8 Å². The summed E-state index contributed by atoms with van der Waals surface area (Å²) < 4.78 is 21.0. The van der Waals surface area contributed by atoms with Gasteiger partial charge in [-0.15, -0.1) is 0 Å². The molecule has 3 heterocycles. The van der Waals surface area contributed by atoms with Crippen molar-refractivity contribution < 1.29 is 9.13 Å². The average Bonchev–Trinajstić information content (AvgIpc) is 3.25. The monoisotopic (exact) mass is 409 g/mol. The third-order valence-corrected chi connectivity index (χ3v) is 5.14. The number of hydrogen-bond acceptors (Lipinski definition) is 7. The molecule has 1 saturated heterocycles. The summed E-state index contributed by atoms with van der Waals surface area (Å²) in [6.45, 7) is 5.09. The van der Waals surface area contributed by atoms with Crippen LogP contribution in [0, 0.1) is 6.92 Å². The van der Waals surface area contributed by atoms with Crippen molar-refractivity contribution >= 4 is 34.8 Å². The number of halogens is 1. The largest absolute Gasteiger partial charge is 0.467 e. The van der Waals surface area contributed by atoms with Crippen LogP contribution in [0.5, 0.6) is 6.01 Å². The SMILES string of the molecule is C/N=C\c1c(/C(F)=C/c2c(C)ccc3[nH]ncc23)nc(OC)nc1N1CCNCC1. The van der Waals surface area contributed by atoms with Crippen LogP contribution < -0.4 is 15.0 Å². The fourth-order valence-corrected chi connectivity index (χ4v) is 3.61. The molecule has 0 amide bonds. The molecule has 1 aromatic carbocycles. The molecular formula is C21H24FN7O. The maximum Gasteiger partial charge on any atom is 0.318 e. The van der Waals surface area contributed by atoms with E-state index in [-0.39, 0.29) is 11.7 Å². The van der Waals surface area contributed by atoms with Crippen molar-refractivity contribution in [2.45, 2.75) is 6.92 Å². The summed E-state index contributed by atoms with van der Waals surface area (Å²) in [4.78, 5) is 15.1. The lowest BCUT2D eigenvalue weighted by molar-refractivity contribution is 0.378. The first-order valence-corrected chi connectivity index (χ1v) is 9.76. The van der Waals surface area contributed by atoms with Crippen LogP contribution in [0.25, 0.3) is 22.8 Å². The Labute approximate surface area is 173 Å². The Kier molecular flexibility index (Phi) is 5.71. The van der Waals surface area contributed by atoms with E-state index in [1.54, 1.807) is 19.5 Å². The smallest absolute Gasteiger partial charge is 0.318 e. The summed E-state index contributed by atoms with van der Waals surface area (Å²) in [5, 5.41) is 11.2. The van der Waals surface area contributed by atoms with Crippen molar-refractivity contribution in [3.63, 3.8) is 0 Å². The van der Waals surface area contributed by atoms with E-state index in [9.17, 15) is 0 Å². The van der Waals surface area contributed by atoms with Crippen LogP contribution in [0.1, 0.15) is 22.4 Å². The summed E-state index contributed by atoms with van der Waals surface area (Å²) in [5.41, 5.74) is 3.22. The first kappa shape index (κ1) is 20.0. The lowest BCUT2D eigenvalue weighted by Crippen LogP contribution is -2.44. The zero-order chi connectivity index (χ0) is 21.1. The van der Waals surface area contributed by atoms with E-state index in [1.807, 2.05) is 19.1 Å². The van der Waals surface area contributed by atoms with Gasteiger partial charge in [-0.2, -0.15) is 15.1 Å². The number of benzene rings is 1. The first-order valence-electron chi connectivity index (χ1n) is 9.76. The second-order valence-electron chi connectivity index (χ2n) is 7.04. The van der Waals surface area contributed by atoms with Gasteiger partial charge in [0.2, 0.25) is 0 Å². The average molecular weight is 409 g/mol. The number of aliphatic imine (C=N–C) groups is 1. The number of piperazine rings is 1. The number of nitrogens with one attached hydrogen (secondary N) is 2. The van der Waals surface area contributed by atoms with Crippen LogP contribution in [0.2, 0.25) is 0 Å². The van der Waals surface area contributed by atoms with Crippen molar-refractivity contribution in [2.24, 2.45) is 4.99 Å². The maximum atomic E-state index is 15.7. The molecule has 3 aromatic rings. The number of nitrogens with zero attached hydrogens (tertiary/aromatic N) is 5. The fourth-order valence-electron chi connectivity index (χ4n) is 3.61. The molecule has 2 aromatic heterocycles. The lowest BCUT2D eigenvalue weighted by atomic mass is 10.0. The summed E-state index contributed by atoms with van der Waals surface area (Å²) in [6.07, 6.45) is 4.79. The molecule has 0 bridgehead atoms. The van der Waals surface area contributed by atoms with Gasteiger partial charge in [0.25, 0.3) is 0 Å². The molecule has 30 heavy (non-hydrogen) atoms. The molecule has 1 fully saturated rings. The summed E-state index contributed by atoms with van der Waals surface area (Å²) >= 11 is 0. The van der Waals surface area contributed by atoms with E-state index in [2.05, 4.69) is 35.4 Å². The second kappa shape index (κ2) is 8.58. The van der Waals surface area contributed by atoms with E-state index in [1.165, 1.54) is 13.2 Å². The molecular weight excluding hydrogens is 385 g/mol. The Morgan fingerprint density at radius 1 is 1.23 bits per heavy atom. The number of aromatic nitrogens is 4. The van der Waals surface area contributed by atoms with Gasteiger partial charge < -0.3 is 15.0 Å². The number of hydrogen-bond donors (Lipinski definition) is 2. The minimum atomic E-state index is -0.487. The van der Waals surface area contributed by atoms with Crippen molar-refractivity contribution in [3.8, 4) is 6.01 Å². The van der Waals surface area contributed by atoms with Crippen LogP contribution in [0.15, 0.2) is 23.3 Å². The van der Waals surface area contributed by atoms with Gasteiger partial charge in [-0.25, -0.2) is 4.39 Å². The highest BCUT2D eigenvalue weighted by molar-refractivity contribution is 5.97. The van der Waals surface area contributed by atoms with Crippen molar-refractivity contribution in [1.82, 2.24) is 25.5 Å². The van der Waals surface area contributed by atoms with Gasteiger partial charge in [-0.1, -0.05) is 6.07 Å². The highest BCUT2D eigenvalue weighted by Crippen LogP contribution is 2.31. The normalized spacial score (nSPS) is 15.3. The van der Waals surface area contributed by atoms with E-state index < -0.39 is 5.83 Å². The lowest BCUT2D eigenvalue weighted by Gasteiger charge is -2.30. The van der Waals surface area contributed by atoms with Gasteiger partial charge in [0.05, 0.1) is 24.4 Å². The van der Waals surface area contributed by atoms with E-state index >= 15 is 4.39 Å². The van der Waals surface area contributed by atoms with Crippen LogP contribution >= 0.6 is 0 Å². The van der Waals surface area contributed by atoms with E-state index in [0.29, 0.717) is 11.4 Å². The number of fused-ring (bicyclic) bond motifs is 1. The molecule has 2 N–H and O–H groups in total. The highest BCUT2D eigenvalue weighted by atomic mass is 19.1. The topological polar surface area (TPSA) is 91.3 Å². The van der Waals surface area contributed by atoms with Gasteiger partial charge in [0.15, 0.2) is 0 Å². The number of H-pyrrole nitrogens is 1. The Morgan fingerprint density at radius 3 is 2.77 bits per heavy atom. The van der Waals surface area contributed by atoms with Crippen LogP contribution in [0.4, 0.5) is 10.2 Å². The number of ether oxygens (including phenoxy) is 1. The predicted octanol–water partition coefficient (Wildman–Crippen LogP) is 2.60. The summed E-state index contributed by atoms with van der Waals surface area (Å²) in [6, 6.07) is 3.98. The van der Waals surface area contributed by atoms with Crippen molar-refractivity contribution in [1.29, 1.82) is 0 Å². The van der Waals surface area contributed by atoms with Gasteiger partial charge in [-0.3, -0.25) is 10.1 Å².